The molecule has 0 saturated heterocycles. The molecule has 6 aromatic rings. The van der Waals surface area contributed by atoms with Crippen LogP contribution in [0.1, 0.15) is 46.5 Å². The number of fused-ring (bicyclic) bond motifs is 6. The predicted octanol–water partition coefficient (Wildman–Crippen LogP) is 6.83. The fourth-order valence-corrected chi connectivity index (χ4v) is 5.57. The lowest BCUT2D eigenvalue weighted by atomic mass is 9.82. The molecule has 1 aliphatic rings. The van der Waals surface area contributed by atoms with Gasteiger partial charge in [0.1, 0.15) is 12.1 Å². The standard InChI is InChI=1S/C34H29N5O4/c1-20-9-11-22(12-10-20)21(2)38-42-18-29-36-33-31-30(24-14-16-27(40-3)28(17-24)41-4)26-15-13-23-7-5-6-8-25(23)32(26)43-34(31)35-19-39(33)37-29/h5-17,19,30H,18H2,1-4H3/b38-21-. The first-order valence-electron chi connectivity index (χ1n) is 13.9. The average Bonchev–Trinajstić information content (AvgIpc) is 3.47. The molecule has 0 amide bonds. The molecule has 3 heterocycles. The van der Waals surface area contributed by atoms with Crippen molar-refractivity contribution in [1.82, 2.24) is 19.6 Å². The smallest absolute Gasteiger partial charge is 0.228 e. The average molecular weight is 572 g/mol. The van der Waals surface area contributed by atoms with Crippen LogP contribution in [0.25, 0.3) is 16.4 Å². The Kier molecular flexibility index (Phi) is 6.62. The third kappa shape index (κ3) is 4.68. The second-order valence-electron chi connectivity index (χ2n) is 10.4. The van der Waals surface area contributed by atoms with Gasteiger partial charge in [0.25, 0.3) is 0 Å². The molecule has 9 nitrogen and oxygen atoms in total. The van der Waals surface area contributed by atoms with Crippen LogP contribution in [0.4, 0.5) is 0 Å². The van der Waals surface area contributed by atoms with Crippen molar-refractivity contribution < 1.29 is 19.0 Å². The summed E-state index contributed by atoms with van der Waals surface area (Å²) in [6, 6.07) is 26.5. The van der Waals surface area contributed by atoms with E-state index in [1.165, 1.54) is 5.56 Å². The van der Waals surface area contributed by atoms with Gasteiger partial charge < -0.3 is 19.0 Å². The molecule has 7 rings (SSSR count). The van der Waals surface area contributed by atoms with Crippen molar-refractivity contribution in [1.29, 1.82) is 0 Å². The molecule has 0 N–H and O–H groups in total. The second-order valence-corrected chi connectivity index (χ2v) is 10.4. The minimum Gasteiger partial charge on any atom is -0.493 e. The fraction of sp³-hybridized carbons (Fsp3) is 0.176. The van der Waals surface area contributed by atoms with Crippen molar-refractivity contribution in [3.8, 4) is 23.1 Å². The van der Waals surface area contributed by atoms with Crippen LogP contribution in [0.2, 0.25) is 0 Å². The van der Waals surface area contributed by atoms with Crippen molar-refractivity contribution in [2.24, 2.45) is 5.16 Å². The number of oxime groups is 1. The first kappa shape index (κ1) is 26.5. The van der Waals surface area contributed by atoms with Gasteiger partial charge in [0.2, 0.25) is 5.88 Å². The minimum atomic E-state index is -0.265. The number of hydrogen-bond acceptors (Lipinski definition) is 8. The summed E-state index contributed by atoms with van der Waals surface area (Å²) in [6.45, 7) is 4.06. The van der Waals surface area contributed by atoms with E-state index in [4.69, 9.17) is 24.0 Å². The summed E-state index contributed by atoms with van der Waals surface area (Å²) in [5.41, 5.74) is 6.35. The van der Waals surface area contributed by atoms with E-state index >= 15 is 0 Å². The summed E-state index contributed by atoms with van der Waals surface area (Å²) in [6.07, 6.45) is 1.62. The van der Waals surface area contributed by atoms with Crippen molar-refractivity contribution >= 4 is 22.1 Å². The van der Waals surface area contributed by atoms with Gasteiger partial charge in [0, 0.05) is 16.9 Å². The molecule has 214 valence electrons. The molecule has 0 fully saturated rings. The van der Waals surface area contributed by atoms with Gasteiger partial charge in [-0.3, -0.25) is 0 Å². The maximum absolute atomic E-state index is 6.53. The zero-order chi connectivity index (χ0) is 29.5. The minimum absolute atomic E-state index is 0.1000. The number of nitrogens with zero attached hydrogens (tertiary/aromatic N) is 5. The van der Waals surface area contributed by atoms with Crippen molar-refractivity contribution in [3.63, 3.8) is 0 Å². The Bertz CT molecular complexity index is 2020. The van der Waals surface area contributed by atoms with E-state index in [0.717, 1.165) is 44.5 Å². The summed E-state index contributed by atoms with van der Waals surface area (Å²) >= 11 is 0. The lowest BCUT2D eigenvalue weighted by molar-refractivity contribution is 0.125. The van der Waals surface area contributed by atoms with Gasteiger partial charge in [-0.15, -0.1) is 5.10 Å². The third-order valence-corrected chi connectivity index (χ3v) is 7.74. The van der Waals surface area contributed by atoms with Gasteiger partial charge in [0.15, 0.2) is 29.6 Å². The highest BCUT2D eigenvalue weighted by molar-refractivity contribution is 5.98. The number of methoxy groups -OCH3 is 2. The van der Waals surface area contributed by atoms with E-state index < -0.39 is 0 Å². The third-order valence-electron chi connectivity index (χ3n) is 7.74. The summed E-state index contributed by atoms with van der Waals surface area (Å²) in [4.78, 5) is 15.2. The summed E-state index contributed by atoms with van der Waals surface area (Å²) < 4.78 is 19.4. The molecule has 0 radical (unpaired) electrons. The lowest BCUT2D eigenvalue weighted by Gasteiger charge is -2.29. The van der Waals surface area contributed by atoms with Gasteiger partial charge in [-0.25, -0.2) is 14.5 Å². The largest absolute Gasteiger partial charge is 0.493 e. The van der Waals surface area contributed by atoms with Crippen LogP contribution < -0.4 is 14.2 Å². The molecule has 9 heteroatoms. The van der Waals surface area contributed by atoms with E-state index in [0.29, 0.717) is 28.9 Å². The zero-order valence-electron chi connectivity index (χ0n) is 24.2. The molecular formula is C34H29N5O4. The van der Waals surface area contributed by atoms with Gasteiger partial charge >= 0.3 is 0 Å². The number of aromatic nitrogens is 4. The highest BCUT2D eigenvalue weighted by Crippen LogP contribution is 2.51. The van der Waals surface area contributed by atoms with E-state index in [1.54, 1.807) is 25.1 Å². The summed E-state index contributed by atoms with van der Waals surface area (Å²) in [5.74, 6) is 2.74. The van der Waals surface area contributed by atoms with Gasteiger partial charge in [-0.2, -0.15) is 0 Å². The number of hydrogen-bond donors (Lipinski definition) is 0. The van der Waals surface area contributed by atoms with E-state index in [-0.39, 0.29) is 12.5 Å². The van der Waals surface area contributed by atoms with Crippen molar-refractivity contribution in [2.75, 3.05) is 14.2 Å². The van der Waals surface area contributed by atoms with Crippen LogP contribution in [0.5, 0.6) is 23.1 Å². The molecule has 0 spiro atoms. The molecule has 1 aliphatic heterocycles. The van der Waals surface area contributed by atoms with E-state index in [2.05, 4.69) is 46.4 Å². The molecule has 0 aliphatic carbocycles. The van der Waals surface area contributed by atoms with Gasteiger partial charge in [-0.05, 0) is 42.5 Å². The molecule has 2 aromatic heterocycles. The maximum Gasteiger partial charge on any atom is 0.228 e. The lowest BCUT2D eigenvalue weighted by Crippen LogP contribution is -2.15. The first-order valence-corrected chi connectivity index (χ1v) is 13.9. The predicted molar refractivity (Wildman–Crippen MR) is 163 cm³/mol. The monoisotopic (exact) mass is 571 g/mol. The molecule has 1 unspecified atom stereocenters. The number of ether oxygens (including phenoxy) is 3. The summed E-state index contributed by atoms with van der Waals surface area (Å²) in [7, 11) is 3.26. The second kappa shape index (κ2) is 10.8. The van der Waals surface area contributed by atoms with Crippen LogP contribution in [0.3, 0.4) is 0 Å². The number of benzene rings is 4. The highest BCUT2D eigenvalue weighted by atomic mass is 16.6. The molecular weight excluding hydrogens is 542 g/mol. The topological polar surface area (TPSA) is 92.4 Å². The first-order chi connectivity index (χ1) is 21.0. The Hall–Kier alpha value is -5.44. The molecule has 4 aromatic carbocycles. The van der Waals surface area contributed by atoms with Crippen LogP contribution in [0, 0.1) is 6.92 Å². The SMILES string of the molecule is COc1ccc(C2c3ccc4ccccc4c3Oc3ncn4nc(CO/N=C(/C)c5ccc(C)cc5)nc4c32)cc1OC. The summed E-state index contributed by atoms with van der Waals surface area (Å²) in [5, 5.41) is 11.0. The Balaban J connectivity index is 1.32. The highest BCUT2D eigenvalue weighted by Gasteiger charge is 2.34. The fourth-order valence-electron chi connectivity index (χ4n) is 5.57. The van der Waals surface area contributed by atoms with Crippen molar-refractivity contribution in [3.05, 3.63) is 119 Å². The Morgan fingerprint density at radius 1 is 0.953 bits per heavy atom. The number of aryl methyl sites for hydroxylation is 1. The van der Waals surface area contributed by atoms with E-state index in [1.807, 2.05) is 61.5 Å². The van der Waals surface area contributed by atoms with E-state index in [9.17, 15) is 0 Å². The normalized spacial score (nSPS) is 14.2. The van der Waals surface area contributed by atoms with Gasteiger partial charge in [-0.1, -0.05) is 77.4 Å². The molecule has 43 heavy (non-hydrogen) atoms. The van der Waals surface area contributed by atoms with Gasteiger partial charge in [0.05, 0.1) is 25.5 Å². The van der Waals surface area contributed by atoms with Crippen LogP contribution in [-0.2, 0) is 11.4 Å². The Labute approximate surface area is 248 Å². The maximum atomic E-state index is 6.53. The Morgan fingerprint density at radius 2 is 1.77 bits per heavy atom. The van der Waals surface area contributed by atoms with Crippen LogP contribution in [-0.4, -0.2) is 39.5 Å². The molecule has 1 atom stereocenters. The Morgan fingerprint density at radius 3 is 2.58 bits per heavy atom. The quantitative estimate of drug-likeness (QED) is 0.153. The van der Waals surface area contributed by atoms with Crippen LogP contribution >= 0.6 is 0 Å². The van der Waals surface area contributed by atoms with Crippen molar-refractivity contribution in [2.45, 2.75) is 26.4 Å². The van der Waals surface area contributed by atoms with Crippen LogP contribution in [0.15, 0.2) is 90.3 Å². The molecule has 0 bridgehead atoms. The number of rotatable bonds is 7. The molecule has 0 saturated carbocycles. The zero-order valence-corrected chi connectivity index (χ0v) is 24.2.